The molecule has 0 spiro atoms. The first kappa shape index (κ1) is 44.7. The minimum absolute atomic E-state index is 0. The predicted octanol–water partition coefficient (Wildman–Crippen LogP) is 8.90. The minimum Gasteiger partial charge on any atom is -1.00 e. The van der Waals surface area contributed by atoms with E-state index in [-0.39, 0.29) is 51.9 Å². The fraction of sp³-hybridized carbons (Fsp3) is 0.400. The van der Waals surface area contributed by atoms with Crippen LogP contribution in [0, 0.1) is 5.41 Å². The van der Waals surface area contributed by atoms with Crippen molar-refractivity contribution in [1.29, 1.82) is 0 Å². The predicted molar refractivity (Wildman–Crippen MR) is 241 cm³/mol. The van der Waals surface area contributed by atoms with Crippen molar-refractivity contribution in [2.24, 2.45) is 5.41 Å². The quantitative estimate of drug-likeness (QED) is 0.192. The van der Waals surface area contributed by atoms with Crippen LogP contribution in [-0.2, 0) is 42.9 Å². The number of halogens is 2. The van der Waals surface area contributed by atoms with E-state index in [9.17, 15) is 0 Å². The average Bonchev–Trinajstić information content (AvgIpc) is 3.82. The fourth-order valence-electron chi connectivity index (χ4n) is 10.2. The second kappa shape index (κ2) is 15.0. The van der Waals surface area contributed by atoms with Gasteiger partial charge in [-0.3, -0.25) is 0 Å². The van der Waals surface area contributed by atoms with Crippen molar-refractivity contribution in [2.45, 2.75) is 136 Å². The van der Waals surface area contributed by atoms with Crippen LogP contribution in [0.25, 0.3) is 22.3 Å². The van der Waals surface area contributed by atoms with Gasteiger partial charge in [-0.15, -0.1) is 0 Å². The van der Waals surface area contributed by atoms with E-state index < -0.39 is 21.3 Å². The van der Waals surface area contributed by atoms with E-state index in [4.69, 9.17) is 0 Å². The van der Waals surface area contributed by atoms with Gasteiger partial charge in [0.2, 0.25) is 0 Å². The maximum Gasteiger partial charge on any atom is -1.00 e. The van der Waals surface area contributed by atoms with Gasteiger partial charge in [0.1, 0.15) is 0 Å². The van der Waals surface area contributed by atoms with Crippen LogP contribution >= 0.6 is 0 Å². The van der Waals surface area contributed by atoms with Crippen LogP contribution < -0.4 is 24.8 Å². The second-order valence-electron chi connectivity index (χ2n) is 21.7. The molecule has 0 aromatic heterocycles. The van der Waals surface area contributed by atoms with Crippen LogP contribution in [0.5, 0.6) is 0 Å². The number of hydrogen-bond acceptors (Lipinski definition) is 0. The maximum absolute atomic E-state index is 3.01. The van der Waals surface area contributed by atoms with E-state index >= 15 is 0 Å². The van der Waals surface area contributed by atoms with Crippen molar-refractivity contribution in [3.63, 3.8) is 0 Å². The second-order valence-corrected chi connectivity index (χ2v) is 28.0. The molecule has 0 aliphatic heterocycles. The molecule has 0 N–H and O–H groups in total. The first-order chi connectivity index (χ1) is 26.0. The number of hydrogen-bond donors (Lipinski definition) is 0. The summed E-state index contributed by atoms with van der Waals surface area (Å²) in [7, 11) is 0. The largest absolute Gasteiger partial charge is 1.00 e. The van der Waals surface area contributed by atoms with Gasteiger partial charge in [-0.2, -0.15) is 0 Å². The van der Waals surface area contributed by atoms with Gasteiger partial charge in [0, 0.05) is 0 Å². The summed E-state index contributed by atoms with van der Waals surface area (Å²) in [6.45, 7) is 35.5. The van der Waals surface area contributed by atoms with Gasteiger partial charge < -0.3 is 24.8 Å². The van der Waals surface area contributed by atoms with E-state index in [0.29, 0.717) is 3.63 Å². The van der Waals surface area contributed by atoms with Crippen LogP contribution in [0.15, 0.2) is 106 Å². The van der Waals surface area contributed by atoms with Crippen LogP contribution in [0.2, 0.25) is 0 Å². The van der Waals surface area contributed by atoms with E-state index in [1.165, 1.54) is 72.4 Å². The van der Waals surface area contributed by atoms with Crippen molar-refractivity contribution in [1.82, 2.24) is 0 Å². The molecule has 0 radical (unpaired) electrons. The van der Waals surface area contributed by atoms with E-state index in [2.05, 4.69) is 201 Å². The molecule has 4 aliphatic rings. The average molecular weight is 887 g/mol. The Labute approximate surface area is 371 Å². The van der Waals surface area contributed by atoms with Crippen LogP contribution in [0.1, 0.15) is 170 Å². The van der Waals surface area contributed by atoms with Gasteiger partial charge in [-0.25, -0.2) is 0 Å². The Kier molecular flexibility index (Phi) is 11.5. The topological polar surface area (TPSA) is 0 Å². The zero-order valence-electron chi connectivity index (χ0n) is 37.8. The van der Waals surface area contributed by atoms with Gasteiger partial charge in [0.15, 0.2) is 0 Å². The van der Waals surface area contributed by atoms with E-state index in [1.54, 1.807) is 17.6 Å². The van der Waals surface area contributed by atoms with Crippen LogP contribution in [0.4, 0.5) is 0 Å². The minimum atomic E-state index is -3.01. The zero-order chi connectivity index (χ0) is 40.5. The van der Waals surface area contributed by atoms with Gasteiger partial charge in [0.25, 0.3) is 0 Å². The van der Waals surface area contributed by atoms with Crippen molar-refractivity contribution in [2.75, 3.05) is 0 Å². The van der Waals surface area contributed by atoms with Gasteiger partial charge >= 0.3 is 349 Å². The summed E-state index contributed by atoms with van der Waals surface area (Å²) < 4.78 is 3.71. The molecule has 4 aliphatic carbocycles. The van der Waals surface area contributed by atoms with Crippen LogP contribution in [0.3, 0.4) is 0 Å². The number of benzene rings is 4. The third kappa shape index (κ3) is 7.58. The van der Waals surface area contributed by atoms with Gasteiger partial charge in [-0.1, -0.05) is 0 Å². The molecule has 0 unspecified atom stereocenters. The Bertz CT molecular complexity index is 2330. The Hall–Kier alpha value is -2.83. The first-order valence-electron chi connectivity index (χ1n) is 21.1. The summed E-state index contributed by atoms with van der Waals surface area (Å²) in [5.41, 5.74) is 22.2. The normalized spacial score (nSPS) is 17.3. The molecule has 8 rings (SSSR count). The molecular weight excluding hydrogens is 823 g/mol. The molecule has 302 valence electrons. The number of allylic oxidation sites excluding steroid dienone is 8. The van der Waals surface area contributed by atoms with Gasteiger partial charge in [-0.05, 0) is 0 Å². The smallest absolute Gasteiger partial charge is 1.00 e. The van der Waals surface area contributed by atoms with Crippen LogP contribution in [-0.4, -0.2) is 3.21 Å². The van der Waals surface area contributed by atoms with Crippen molar-refractivity contribution < 1.29 is 46.1 Å². The standard InChI is InChI=1S/C25H25.C21H26.C9H13.2ClH.Zr/c1-14-12-24(3,4)22-8-16-7-17-9-23-19(15(2)13-25(23,5)6)11-21(17)20(16)10-18(14)22;1-20(2,3)18-11-7-16(8-12-18)15-17-9-13-19(14-10-17)21(4,5)6;1-9(2,3)8-6-4-5-7-8;;;/h7-13H,1-6H3;7-14H,1-6H3;6-7H,4H2,1-3H3;2*1H;/q;;;;;+2/p-2. The molecule has 0 saturated heterocycles. The third-order valence-corrected chi connectivity index (χ3v) is 21.7. The number of fused-ring (bicyclic) bond motifs is 5. The molecule has 4 aromatic rings. The Morgan fingerprint density at radius 1 is 0.552 bits per heavy atom. The molecule has 0 atom stereocenters. The molecule has 3 heteroatoms. The SMILES string of the molecule is CC1=CC(C)(C)c2cc3c(cc21)-c1cc2c(cc1[CH]3[Zr+2]([C]1=CC(C(C)(C)C)=CC1)=[C](c1ccc(C(C)(C)C)cc1)c1ccc(C(C)(C)C)cc1)C(C)(C)C=C2C.[Cl-].[Cl-]. The molecule has 0 amide bonds. The molecular formula is C55H64Cl2Zr. The summed E-state index contributed by atoms with van der Waals surface area (Å²) in [5.74, 6) is 0. The Morgan fingerprint density at radius 2 is 0.948 bits per heavy atom. The van der Waals surface area contributed by atoms with E-state index in [1.807, 2.05) is 0 Å². The summed E-state index contributed by atoms with van der Waals surface area (Å²) in [6.07, 6.45) is 11.3. The van der Waals surface area contributed by atoms with Crippen molar-refractivity contribution >= 4 is 14.4 Å². The van der Waals surface area contributed by atoms with Crippen molar-refractivity contribution in [3.05, 3.63) is 162 Å². The molecule has 4 aromatic carbocycles. The van der Waals surface area contributed by atoms with E-state index in [0.717, 1.165) is 6.42 Å². The molecule has 0 fully saturated rings. The molecule has 58 heavy (non-hydrogen) atoms. The first-order valence-corrected chi connectivity index (χ1v) is 25.0. The summed E-state index contributed by atoms with van der Waals surface area (Å²) >= 11 is -3.01. The summed E-state index contributed by atoms with van der Waals surface area (Å²) in [6, 6.07) is 30.2. The molecule has 0 bridgehead atoms. The molecule has 0 saturated carbocycles. The Morgan fingerprint density at radius 3 is 1.29 bits per heavy atom. The number of rotatable bonds is 4. The summed E-state index contributed by atoms with van der Waals surface area (Å²) in [5, 5.41) is 0. The fourth-order valence-corrected chi connectivity index (χ4v) is 19.3. The zero-order valence-corrected chi connectivity index (χ0v) is 41.7. The molecule has 0 nitrogen and oxygen atoms in total. The third-order valence-electron chi connectivity index (χ3n) is 13.4. The van der Waals surface area contributed by atoms with Gasteiger partial charge in [0.05, 0.1) is 0 Å². The Balaban J connectivity index is 0.00000283. The van der Waals surface area contributed by atoms with Crippen molar-refractivity contribution in [3.8, 4) is 11.1 Å². The molecule has 0 heterocycles. The maximum atomic E-state index is 2.69. The summed E-state index contributed by atoms with van der Waals surface area (Å²) in [4.78, 5) is 0. The monoisotopic (exact) mass is 884 g/mol.